The molecule has 1 saturated heterocycles. The molecule has 0 atom stereocenters. The fourth-order valence-electron chi connectivity index (χ4n) is 2.82. The highest BCUT2D eigenvalue weighted by Gasteiger charge is 2.26. The summed E-state index contributed by atoms with van der Waals surface area (Å²) in [5.41, 5.74) is 0. The van der Waals surface area contributed by atoms with E-state index in [2.05, 4.69) is 0 Å². The minimum Gasteiger partial charge on any atom is -0.483 e. The summed E-state index contributed by atoms with van der Waals surface area (Å²) >= 11 is 0. The summed E-state index contributed by atoms with van der Waals surface area (Å²) in [4.78, 5) is 13.9. The smallest absolute Gasteiger partial charge is 0.260 e. The highest BCUT2D eigenvalue weighted by Crippen LogP contribution is 2.25. The average Bonchev–Trinajstić information content (AvgIpc) is 2.59. The monoisotopic (exact) mass is 348 g/mol. The molecule has 1 aliphatic rings. The van der Waals surface area contributed by atoms with Crippen molar-refractivity contribution < 1.29 is 17.9 Å². The second-order valence-electron chi connectivity index (χ2n) is 5.81. The summed E-state index contributed by atoms with van der Waals surface area (Å²) in [6.07, 6.45) is 1.19. The van der Waals surface area contributed by atoms with Gasteiger partial charge in [0.2, 0.25) is 10.0 Å². The Balaban J connectivity index is 1.60. The van der Waals surface area contributed by atoms with Crippen molar-refractivity contribution in [2.24, 2.45) is 0 Å². The normalized spacial score (nSPS) is 16.3. The van der Waals surface area contributed by atoms with E-state index in [0.29, 0.717) is 31.9 Å². The van der Waals surface area contributed by atoms with Crippen molar-refractivity contribution in [2.75, 3.05) is 39.0 Å². The van der Waals surface area contributed by atoms with Gasteiger partial charge in [0, 0.05) is 31.6 Å². The van der Waals surface area contributed by atoms with E-state index in [1.165, 1.54) is 10.6 Å². The fraction of sp³-hybridized carbons (Fsp3) is 0.353. The maximum absolute atomic E-state index is 12.3. The zero-order valence-corrected chi connectivity index (χ0v) is 14.3. The number of piperazine rings is 1. The Morgan fingerprint density at radius 2 is 1.71 bits per heavy atom. The third-order valence-corrected chi connectivity index (χ3v) is 5.46. The van der Waals surface area contributed by atoms with Crippen LogP contribution in [0.2, 0.25) is 0 Å². The molecule has 7 heteroatoms. The van der Waals surface area contributed by atoms with Gasteiger partial charge in [-0.1, -0.05) is 36.4 Å². The number of fused-ring (bicyclic) bond motifs is 1. The van der Waals surface area contributed by atoms with Crippen LogP contribution in [0.25, 0.3) is 10.8 Å². The molecule has 3 rings (SSSR count). The molecule has 0 aliphatic carbocycles. The molecule has 1 amide bonds. The van der Waals surface area contributed by atoms with Gasteiger partial charge in [0.05, 0.1) is 6.26 Å². The maximum Gasteiger partial charge on any atom is 0.260 e. The number of hydrogen-bond donors (Lipinski definition) is 0. The van der Waals surface area contributed by atoms with E-state index in [1.807, 2.05) is 42.5 Å². The van der Waals surface area contributed by atoms with Crippen LogP contribution in [0.1, 0.15) is 0 Å². The van der Waals surface area contributed by atoms with Crippen LogP contribution in [-0.2, 0) is 14.8 Å². The predicted octanol–water partition coefficient (Wildman–Crippen LogP) is 1.32. The number of sulfonamides is 1. The van der Waals surface area contributed by atoms with Crippen LogP contribution in [0, 0.1) is 0 Å². The number of rotatable bonds is 4. The molecule has 6 nitrogen and oxygen atoms in total. The van der Waals surface area contributed by atoms with Crippen molar-refractivity contribution in [3.8, 4) is 5.75 Å². The molecule has 0 saturated carbocycles. The van der Waals surface area contributed by atoms with Gasteiger partial charge in [-0.25, -0.2) is 8.42 Å². The first kappa shape index (κ1) is 16.7. The Morgan fingerprint density at radius 3 is 2.42 bits per heavy atom. The van der Waals surface area contributed by atoms with E-state index >= 15 is 0 Å². The number of benzene rings is 2. The van der Waals surface area contributed by atoms with Gasteiger partial charge < -0.3 is 9.64 Å². The first-order valence-electron chi connectivity index (χ1n) is 7.78. The quantitative estimate of drug-likeness (QED) is 0.836. The molecule has 2 aromatic carbocycles. The van der Waals surface area contributed by atoms with Gasteiger partial charge in [-0.05, 0) is 11.5 Å². The number of amides is 1. The molecular weight excluding hydrogens is 328 g/mol. The second-order valence-corrected chi connectivity index (χ2v) is 7.79. The molecule has 1 heterocycles. The lowest BCUT2D eigenvalue weighted by molar-refractivity contribution is -0.134. The first-order valence-corrected chi connectivity index (χ1v) is 9.63. The fourth-order valence-corrected chi connectivity index (χ4v) is 3.65. The van der Waals surface area contributed by atoms with Crippen LogP contribution in [0.3, 0.4) is 0 Å². The Morgan fingerprint density at radius 1 is 1.04 bits per heavy atom. The van der Waals surface area contributed by atoms with Crippen molar-refractivity contribution >= 4 is 26.7 Å². The summed E-state index contributed by atoms with van der Waals surface area (Å²) in [5, 5.41) is 2.03. The highest BCUT2D eigenvalue weighted by atomic mass is 32.2. The lowest BCUT2D eigenvalue weighted by atomic mass is 10.1. The molecule has 128 valence electrons. The van der Waals surface area contributed by atoms with Crippen LogP contribution < -0.4 is 4.74 Å². The van der Waals surface area contributed by atoms with Gasteiger partial charge in [-0.15, -0.1) is 0 Å². The third kappa shape index (κ3) is 3.68. The lowest BCUT2D eigenvalue weighted by Gasteiger charge is -2.33. The standard InChI is InChI=1S/C17H20N2O4S/c1-24(21,22)19-11-9-18(10-12-19)17(20)13-23-16-8-4-6-14-5-2-3-7-15(14)16/h2-8H,9-13H2,1H3. The summed E-state index contributed by atoms with van der Waals surface area (Å²) in [6, 6.07) is 13.6. The van der Waals surface area contributed by atoms with E-state index < -0.39 is 10.0 Å². The van der Waals surface area contributed by atoms with Gasteiger partial charge >= 0.3 is 0 Å². The molecule has 0 aromatic heterocycles. The number of carbonyl (C=O) groups is 1. The minimum atomic E-state index is -3.19. The van der Waals surface area contributed by atoms with Crippen LogP contribution in [0.5, 0.6) is 5.75 Å². The van der Waals surface area contributed by atoms with Crippen LogP contribution in [0.4, 0.5) is 0 Å². The molecular formula is C17H20N2O4S. The van der Waals surface area contributed by atoms with Crippen LogP contribution >= 0.6 is 0 Å². The van der Waals surface area contributed by atoms with Gasteiger partial charge in [-0.3, -0.25) is 4.79 Å². The van der Waals surface area contributed by atoms with E-state index in [9.17, 15) is 13.2 Å². The SMILES string of the molecule is CS(=O)(=O)N1CCN(C(=O)COc2cccc3ccccc23)CC1. The largest absolute Gasteiger partial charge is 0.483 e. The van der Waals surface area contributed by atoms with E-state index in [0.717, 1.165) is 10.8 Å². The molecule has 2 aromatic rings. The molecule has 24 heavy (non-hydrogen) atoms. The van der Waals surface area contributed by atoms with Crippen molar-refractivity contribution in [3.05, 3.63) is 42.5 Å². The van der Waals surface area contributed by atoms with Crippen molar-refractivity contribution in [3.63, 3.8) is 0 Å². The van der Waals surface area contributed by atoms with Crippen LogP contribution in [-0.4, -0.2) is 62.6 Å². The Kier molecular flexibility index (Phi) is 4.73. The molecule has 1 fully saturated rings. The topological polar surface area (TPSA) is 66.9 Å². The van der Waals surface area contributed by atoms with Crippen LogP contribution in [0.15, 0.2) is 42.5 Å². The lowest BCUT2D eigenvalue weighted by Crippen LogP contribution is -2.51. The molecule has 1 aliphatic heterocycles. The van der Waals surface area contributed by atoms with Gasteiger partial charge in [-0.2, -0.15) is 4.31 Å². The highest BCUT2D eigenvalue weighted by molar-refractivity contribution is 7.88. The number of hydrogen-bond acceptors (Lipinski definition) is 4. The minimum absolute atomic E-state index is 0.0487. The van der Waals surface area contributed by atoms with E-state index in [4.69, 9.17) is 4.74 Å². The molecule has 0 N–H and O–H groups in total. The summed E-state index contributed by atoms with van der Waals surface area (Å²) in [6.45, 7) is 1.40. The number of carbonyl (C=O) groups excluding carboxylic acids is 1. The molecule has 0 unspecified atom stereocenters. The van der Waals surface area contributed by atoms with Gasteiger partial charge in [0.1, 0.15) is 5.75 Å². The van der Waals surface area contributed by atoms with Crippen molar-refractivity contribution in [1.29, 1.82) is 0 Å². The van der Waals surface area contributed by atoms with Gasteiger partial charge in [0.25, 0.3) is 5.91 Å². The predicted molar refractivity (Wildman–Crippen MR) is 92.4 cm³/mol. The summed E-state index contributed by atoms with van der Waals surface area (Å²) < 4.78 is 30.1. The Hall–Kier alpha value is -2.12. The van der Waals surface area contributed by atoms with Gasteiger partial charge in [0.15, 0.2) is 6.61 Å². The van der Waals surface area contributed by atoms with E-state index in [1.54, 1.807) is 4.90 Å². The van der Waals surface area contributed by atoms with Crippen molar-refractivity contribution in [1.82, 2.24) is 9.21 Å². The zero-order chi connectivity index (χ0) is 17.2. The number of ether oxygens (including phenoxy) is 1. The third-order valence-electron chi connectivity index (χ3n) is 4.16. The average molecular weight is 348 g/mol. The van der Waals surface area contributed by atoms with E-state index in [-0.39, 0.29) is 12.5 Å². The summed E-state index contributed by atoms with van der Waals surface area (Å²) in [5.74, 6) is 0.548. The molecule has 0 bridgehead atoms. The molecule has 0 spiro atoms. The molecule has 0 radical (unpaired) electrons. The zero-order valence-electron chi connectivity index (χ0n) is 13.5. The second kappa shape index (κ2) is 6.78. The summed E-state index contributed by atoms with van der Waals surface area (Å²) in [7, 11) is -3.19. The Labute approximate surface area is 141 Å². The maximum atomic E-state index is 12.3. The first-order chi connectivity index (χ1) is 11.4. The van der Waals surface area contributed by atoms with Crippen molar-refractivity contribution in [2.45, 2.75) is 0 Å². The number of nitrogens with zero attached hydrogens (tertiary/aromatic N) is 2. The Bertz CT molecular complexity index is 837.